The minimum Gasteiger partial charge on any atom is -0.378 e. The highest BCUT2D eigenvalue weighted by molar-refractivity contribution is 9.10. The largest absolute Gasteiger partial charge is 0.378 e. The number of rotatable bonds is 5. The third-order valence-electron chi connectivity index (χ3n) is 4.07. The molecule has 1 aromatic carbocycles. The normalized spacial score (nSPS) is 11.0. The smallest absolute Gasteiger partial charge is 0.164 e. The van der Waals surface area contributed by atoms with Crippen molar-refractivity contribution >= 4 is 38.5 Å². The molecular formula is C17H21BrN6. The van der Waals surface area contributed by atoms with Crippen molar-refractivity contribution in [2.24, 2.45) is 7.05 Å². The molecular weight excluding hydrogens is 368 g/mol. The summed E-state index contributed by atoms with van der Waals surface area (Å²) in [5.41, 5.74) is 3.27. The Kier molecular flexibility index (Phi) is 4.71. The highest BCUT2D eigenvalue weighted by atomic mass is 79.9. The molecule has 0 aliphatic carbocycles. The van der Waals surface area contributed by atoms with Gasteiger partial charge in [0.15, 0.2) is 5.65 Å². The summed E-state index contributed by atoms with van der Waals surface area (Å²) in [6.45, 7) is 3.77. The molecule has 0 spiro atoms. The lowest BCUT2D eigenvalue weighted by Crippen LogP contribution is -2.23. The van der Waals surface area contributed by atoms with Crippen LogP contribution in [0.25, 0.3) is 11.0 Å². The van der Waals surface area contributed by atoms with Crippen molar-refractivity contribution in [3.63, 3.8) is 0 Å². The zero-order valence-corrected chi connectivity index (χ0v) is 15.9. The van der Waals surface area contributed by atoms with Gasteiger partial charge in [0.1, 0.15) is 16.7 Å². The average Bonchev–Trinajstić information content (AvgIpc) is 2.88. The summed E-state index contributed by atoms with van der Waals surface area (Å²) in [7, 11) is 5.98. The lowest BCUT2D eigenvalue weighted by atomic mass is 10.2. The highest BCUT2D eigenvalue weighted by Gasteiger charge is 2.17. The van der Waals surface area contributed by atoms with Crippen molar-refractivity contribution in [3.8, 4) is 0 Å². The summed E-state index contributed by atoms with van der Waals surface area (Å²) in [5.74, 6) is 0.902. The number of aryl methyl sites for hydroxylation is 1. The molecule has 2 heterocycles. The van der Waals surface area contributed by atoms with Crippen LogP contribution in [-0.4, -0.2) is 40.4 Å². The molecule has 0 saturated heterocycles. The molecule has 6 nitrogen and oxygen atoms in total. The Morgan fingerprint density at radius 2 is 1.83 bits per heavy atom. The number of nitrogens with zero attached hydrogens (tertiary/aromatic N) is 6. The second kappa shape index (κ2) is 6.76. The molecule has 0 saturated carbocycles. The van der Waals surface area contributed by atoms with Crippen LogP contribution < -0.4 is 9.80 Å². The number of benzene rings is 1. The summed E-state index contributed by atoms with van der Waals surface area (Å²) < 4.78 is 2.54. The Morgan fingerprint density at radius 1 is 1.12 bits per heavy atom. The van der Waals surface area contributed by atoms with E-state index >= 15 is 0 Å². The van der Waals surface area contributed by atoms with Crippen LogP contribution in [0, 0.1) is 0 Å². The molecule has 7 heteroatoms. The van der Waals surface area contributed by atoms with Gasteiger partial charge in [0.2, 0.25) is 0 Å². The van der Waals surface area contributed by atoms with Crippen molar-refractivity contribution in [2.45, 2.75) is 13.5 Å². The molecule has 0 N–H and O–H groups in total. The van der Waals surface area contributed by atoms with Crippen molar-refractivity contribution in [2.75, 3.05) is 30.4 Å². The van der Waals surface area contributed by atoms with E-state index in [-0.39, 0.29) is 0 Å². The van der Waals surface area contributed by atoms with Gasteiger partial charge in [-0.1, -0.05) is 12.1 Å². The Labute approximate surface area is 150 Å². The fourth-order valence-electron chi connectivity index (χ4n) is 2.72. The SMILES string of the molecule is CCN(Cc1ccc(N(C)C)cc1)c1ncnc2c1c(Br)nn2C. The van der Waals surface area contributed by atoms with Crippen LogP contribution in [0.1, 0.15) is 12.5 Å². The second-order valence-corrected chi connectivity index (χ2v) is 6.64. The topological polar surface area (TPSA) is 50.1 Å². The van der Waals surface area contributed by atoms with E-state index in [2.05, 4.69) is 72.0 Å². The van der Waals surface area contributed by atoms with E-state index in [1.807, 2.05) is 21.1 Å². The monoisotopic (exact) mass is 388 g/mol. The van der Waals surface area contributed by atoms with E-state index in [4.69, 9.17) is 0 Å². The fraction of sp³-hybridized carbons (Fsp3) is 0.353. The van der Waals surface area contributed by atoms with Crippen LogP contribution in [0.15, 0.2) is 35.2 Å². The Hall–Kier alpha value is -2.15. The first kappa shape index (κ1) is 16.7. The molecule has 0 radical (unpaired) electrons. The van der Waals surface area contributed by atoms with Gasteiger partial charge < -0.3 is 9.80 Å². The maximum absolute atomic E-state index is 4.52. The van der Waals surface area contributed by atoms with Gasteiger partial charge in [0.25, 0.3) is 0 Å². The van der Waals surface area contributed by atoms with Crippen LogP contribution in [0.5, 0.6) is 0 Å². The number of anilines is 2. The fourth-order valence-corrected chi connectivity index (χ4v) is 3.31. The molecule has 126 valence electrons. The molecule has 0 aliphatic heterocycles. The summed E-state index contributed by atoms with van der Waals surface area (Å²) in [6, 6.07) is 8.60. The molecule has 0 amide bonds. The molecule has 0 aliphatic rings. The molecule has 3 aromatic rings. The third-order valence-corrected chi connectivity index (χ3v) is 4.62. The minimum atomic E-state index is 0.775. The van der Waals surface area contributed by atoms with Crippen LogP contribution in [0.2, 0.25) is 0 Å². The zero-order valence-electron chi connectivity index (χ0n) is 14.4. The lowest BCUT2D eigenvalue weighted by Gasteiger charge is -2.23. The van der Waals surface area contributed by atoms with E-state index in [0.29, 0.717) is 0 Å². The van der Waals surface area contributed by atoms with Gasteiger partial charge in [0.05, 0.1) is 5.39 Å². The van der Waals surface area contributed by atoms with E-state index in [1.54, 1.807) is 11.0 Å². The predicted molar refractivity (Wildman–Crippen MR) is 101 cm³/mol. The van der Waals surface area contributed by atoms with E-state index in [9.17, 15) is 0 Å². The van der Waals surface area contributed by atoms with Crippen LogP contribution in [-0.2, 0) is 13.6 Å². The Morgan fingerprint density at radius 3 is 2.46 bits per heavy atom. The average molecular weight is 389 g/mol. The quantitative estimate of drug-likeness (QED) is 0.671. The summed E-state index contributed by atoms with van der Waals surface area (Å²) in [5, 5.41) is 5.35. The standard InChI is InChI=1S/C17H21BrN6/c1-5-24(10-12-6-8-13(9-7-12)22(2)3)17-14-15(18)21-23(4)16(14)19-11-20-17/h6-9,11H,5,10H2,1-4H3. The Balaban J connectivity index is 1.95. The summed E-state index contributed by atoms with van der Waals surface area (Å²) >= 11 is 3.53. The van der Waals surface area contributed by atoms with Crippen molar-refractivity contribution in [3.05, 3.63) is 40.8 Å². The van der Waals surface area contributed by atoms with Crippen LogP contribution in [0.3, 0.4) is 0 Å². The number of hydrogen-bond acceptors (Lipinski definition) is 5. The number of hydrogen-bond donors (Lipinski definition) is 0. The van der Waals surface area contributed by atoms with Gasteiger partial charge >= 0.3 is 0 Å². The van der Waals surface area contributed by atoms with Crippen molar-refractivity contribution < 1.29 is 0 Å². The van der Waals surface area contributed by atoms with E-state index < -0.39 is 0 Å². The van der Waals surface area contributed by atoms with Gasteiger partial charge in [-0.15, -0.1) is 0 Å². The first-order valence-electron chi connectivity index (χ1n) is 7.85. The van der Waals surface area contributed by atoms with Gasteiger partial charge in [0, 0.05) is 39.9 Å². The van der Waals surface area contributed by atoms with Gasteiger partial charge in [-0.3, -0.25) is 0 Å². The molecule has 0 fully saturated rings. The highest BCUT2D eigenvalue weighted by Crippen LogP contribution is 2.30. The second-order valence-electron chi connectivity index (χ2n) is 5.89. The maximum Gasteiger partial charge on any atom is 0.164 e. The number of halogens is 1. The van der Waals surface area contributed by atoms with Gasteiger partial charge in [-0.25, -0.2) is 14.6 Å². The minimum absolute atomic E-state index is 0.775. The molecule has 24 heavy (non-hydrogen) atoms. The van der Waals surface area contributed by atoms with Gasteiger partial charge in [-0.2, -0.15) is 5.10 Å². The zero-order chi connectivity index (χ0) is 17.3. The van der Waals surface area contributed by atoms with Crippen molar-refractivity contribution in [1.29, 1.82) is 0 Å². The molecule has 3 rings (SSSR count). The van der Waals surface area contributed by atoms with Crippen LogP contribution >= 0.6 is 15.9 Å². The van der Waals surface area contributed by atoms with Gasteiger partial charge in [-0.05, 0) is 40.5 Å². The van der Waals surface area contributed by atoms with Crippen molar-refractivity contribution in [1.82, 2.24) is 19.7 Å². The summed E-state index contributed by atoms with van der Waals surface area (Å²) in [4.78, 5) is 13.2. The summed E-state index contributed by atoms with van der Waals surface area (Å²) in [6.07, 6.45) is 1.60. The first-order valence-corrected chi connectivity index (χ1v) is 8.65. The number of fused-ring (bicyclic) bond motifs is 1. The maximum atomic E-state index is 4.52. The van der Waals surface area contributed by atoms with Crippen LogP contribution in [0.4, 0.5) is 11.5 Å². The third kappa shape index (κ3) is 3.08. The first-order chi connectivity index (χ1) is 11.5. The van der Waals surface area contributed by atoms with E-state index in [1.165, 1.54) is 11.3 Å². The molecule has 0 atom stereocenters. The number of aromatic nitrogens is 4. The Bertz CT molecular complexity index is 840. The molecule has 2 aromatic heterocycles. The molecule has 0 bridgehead atoms. The molecule has 0 unspecified atom stereocenters. The predicted octanol–water partition coefficient (Wildman–Crippen LogP) is 3.22. The lowest BCUT2D eigenvalue weighted by molar-refractivity contribution is 0.776. The van der Waals surface area contributed by atoms with E-state index in [0.717, 1.165) is 34.5 Å².